The number of benzene rings is 2. The van der Waals surface area contributed by atoms with Crippen LogP contribution in [-0.4, -0.2) is 30.4 Å². The quantitative estimate of drug-likeness (QED) is 0.515. The molecule has 0 bridgehead atoms. The minimum Gasteiger partial charge on any atom is -0.491 e. The first-order valence-electron chi connectivity index (χ1n) is 8.25. The molecule has 3 rings (SSSR count). The third-order valence-electron chi connectivity index (χ3n) is 3.75. The van der Waals surface area contributed by atoms with Crippen molar-refractivity contribution in [1.29, 1.82) is 0 Å². The number of aliphatic hydroxyl groups excluding tert-OH is 1. The zero-order valence-corrected chi connectivity index (χ0v) is 14.5. The fourth-order valence-corrected chi connectivity index (χ4v) is 2.38. The van der Waals surface area contributed by atoms with E-state index in [0.717, 1.165) is 16.7 Å². The van der Waals surface area contributed by atoms with E-state index in [1.54, 1.807) is 19.1 Å². The van der Waals surface area contributed by atoms with Crippen LogP contribution < -0.4 is 4.74 Å². The Morgan fingerprint density at radius 1 is 1.15 bits per heavy atom. The van der Waals surface area contributed by atoms with Crippen molar-refractivity contribution < 1.29 is 23.8 Å². The van der Waals surface area contributed by atoms with Gasteiger partial charge in [0.2, 0.25) is 0 Å². The van der Waals surface area contributed by atoms with Crippen molar-refractivity contribution in [3.8, 4) is 17.1 Å². The normalized spacial score (nSPS) is 11.9. The fraction of sp³-hybridized carbons (Fsp3) is 0.190. The van der Waals surface area contributed by atoms with Gasteiger partial charge in [0.15, 0.2) is 0 Å². The van der Waals surface area contributed by atoms with E-state index < -0.39 is 12.1 Å². The minimum absolute atomic E-state index is 0.00122. The predicted octanol–water partition coefficient (Wildman–Crippen LogP) is 3.96. The van der Waals surface area contributed by atoms with Crippen LogP contribution in [0.5, 0.6) is 5.75 Å². The van der Waals surface area contributed by atoms with Crippen LogP contribution >= 0.6 is 0 Å². The molecule has 26 heavy (non-hydrogen) atoms. The molecule has 1 atom stereocenters. The topological polar surface area (TPSA) is 68.9 Å². The highest BCUT2D eigenvalue weighted by atomic mass is 16.5. The molecule has 0 spiro atoms. The molecule has 0 aliphatic rings. The van der Waals surface area contributed by atoms with E-state index in [0.29, 0.717) is 11.3 Å². The molecule has 0 amide bonds. The third kappa shape index (κ3) is 4.32. The van der Waals surface area contributed by atoms with Crippen molar-refractivity contribution in [2.75, 3.05) is 13.2 Å². The Balaban J connectivity index is 1.62. The zero-order chi connectivity index (χ0) is 18.5. The lowest BCUT2D eigenvalue weighted by Crippen LogP contribution is -2.25. The molecule has 0 saturated carbocycles. The van der Waals surface area contributed by atoms with Gasteiger partial charge >= 0.3 is 5.97 Å². The van der Waals surface area contributed by atoms with Crippen molar-refractivity contribution in [2.45, 2.75) is 13.0 Å². The smallest absolute Gasteiger partial charge is 0.333 e. The first-order chi connectivity index (χ1) is 12.5. The lowest BCUT2D eigenvalue weighted by Gasteiger charge is -2.12. The van der Waals surface area contributed by atoms with E-state index in [-0.39, 0.29) is 18.8 Å². The average molecular weight is 352 g/mol. The van der Waals surface area contributed by atoms with Crippen molar-refractivity contribution in [1.82, 2.24) is 0 Å². The Bertz CT molecular complexity index is 911. The van der Waals surface area contributed by atoms with E-state index in [2.05, 4.69) is 6.58 Å². The number of carbonyl (C=O) groups excluding carboxylic acids is 1. The summed E-state index contributed by atoms with van der Waals surface area (Å²) in [5, 5.41) is 10.8. The van der Waals surface area contributed by atoms with Gasteiger partial charge < -0.3 is 19.0 Å². The molecule has 3 aromatic rings. The number of hydrogen-bond acceptors (Lipinski definition) is 5. The molecule has 0 aliphatic carbocycles. The van der Waals surface area contributed by atoms with E-state index >= 15 is 0 Å². The second-order valence-corrected chi connectivity index (χ2v) is 6.02. The van der Waals surface area contributed by atoms with Crippen LogP contribution in [0.4, 0.5) is 0 Å². The highest BCUT2D eigenvalue weighted by Gasteiger charge is 2.11. The number of hydrogen-bond donors (Lipinski definition) is 1. The van der Waals surface area contributed by atoms with Crippen LogP contribution in [0.2, 0.25) is 0 Å². The number of ether oxygens (including phenoxy) is 2. The number of fused-ring (bicyclic) bond motifs is 1. The summed E-state index contributed by atoms with van der Waals surface area (Å²) in [7, 11) is 0. The second-order valence-electron chi connectivity index (χ2n) is 6.02. The Morgan fingerprint density at radius 2 is 1.92 bits per heavy atom. The molecule has 1 N–H and O–H groups in total. The minimum atomic E-state index is -0.925. The van der Waals surface area contributed by atoms with Gasteiger partial charge in [-0.3, -0.25) is 0 Å². The van der Waals surface area contributed by atoms with Gasteiger partial charge in [0.1, 0.15) is 36.4 Å². The molecule has 5 heteroatoms. The number of carbonyl (C=O) groups is 1. The largest absolute Gasteiger partial charge is 0.491 e. The van der Waals surface area contributed by atoms with Crippen LogP contribution in [0, 0.1) is 0 Å². The Labute approximate surface area is 151 Å². The highest BCUT2D eigenvalue weighted by Crippen LogP contribution is 2.30. The lowest BCUT2D eigenvalue weighted by atomic mass is 10.1. The van der Waals surface area contributed by atoms with Gasteiger partial charge in [-0.1, -0.05) is 36.9 Å². The van der Waals surface area contributed by atoms with E-state index in [4.69, 9.17) is 13.9 Å². The Kier molecular flexibility index (Phi) is 5.39. The van der Waals surface area contributed by atoms with Crippen LogP contribution in [0.25, 0.3) is 22.3 Å². The summed E-state index contributed by atoms with van der Waals surface area (Å²) < 4.78 is 16.3. The van der Waals surface area contributed by atoms with Crippen LogP contribution in [0.1, 0.15) is 6.92 Å². The van der Waals surface area contributed by atoms with Crippen LogP contribution in [0.3, 0.4) is 0 Å². The summed E-state index contributed by atoms with van der Waals surface area (Å²) in [5.74, 6) is 0.815. The number of furan rings is 1. The van der Waals surface area contributed by atoms with E-state index in [1.807, 2.05) is 42.5 Å². The summed E-state index contributed by atoms with van der Waals surface area (Å²) in [4.78, 5) is 11.3. The van der Waals surface area contributed by atoms with Crippen molar-refractivity contribution in [3.05, 3.63) is 66.7 Å². The molecule has 0 saturated heterocycles. The maximum Gasteiger partial charge on any atom is 0.333 e. The molecule has 134 valence electrons. The molecule has 1 aromatic heterocycles. The van der Waals surface area contributed by atoms with Crippen LogP contribution in [0.15, 0.2) is 71.2 Å². The standard InChI is InChI=1S/C21H20O5/c1-14(2)21(23)25-13-17(22)12-24-18-9-8-16-10-19(26-20(16)11-18)15-6-4-3-5-7-15/h3-11,17,22H,1,12-13H2,2H3. The Hall–Kier alpha value is -3.05. The summed E-state index contributed by atoms with van der Waals surface area (Å²) in [5.41, 5.74) is 1.99. The third-order valence-corrected chi connectivity index (χ3v) is 3.75. The molecule has 0 fully saturated rings. The molecular formula is C21H20O5. The van der Waals surface area contributed by atoms with E-state index in [1.165, 1.54) is 0 Å². The van der Waals surface area contributed by atoms with Gasteiger partial charge in [-0.15, -0.1) is 0 Å². The average Bonchev–Trinajstić information content (AvgIpc) is 3.08. The molecule has 1 heterocycles. The first kappa shape index (κ1) is 17.8. The highest BCUT2D eigenvalue weighted by molar-refractivity contribution is 5.87. The van der Waals surface area contributed by atoms with Crippen molar-refractivity contribution in [3.63, 3.8) is 0 Å². The molecular weight excluding hydrogens is 332 g/mol. The second kappa shape index (κ2) is 7.89. The molecule has 1 unspecified atom stereocenters. The summed E-state index contributed by atoms with van der Waals surface area (Å²) in [6.07, 6.45) is -0.925. The van der Waals surface area contributed by atoms with Crippen molar-refractivity contribution >= 4 is 16.9 Å². The van der Waals surface area contributed by atoms with Gasteiger partial charge in [0.25, 0.3) is 0 Å². The van der Waals surface area contributed by atoms with Gasteiger partial charge in [0, 0.05) is 22.6 Å². The van der Waals surface area contributed by atoms with Crippen LogP contribution in [-0.2, 0) is 9.53 Å². The van der Waals surface area contributed by atoms with Crippen molar-refractivity contribution in [2.24, 2.45) is 0 Å². The summed E-state index contributed by atoms with van der Waals surface area (Å²) in [6, 6.07) is 17.3. The summed E-state index contributed by atoms with van der Waals surface area (Å²) in [6.45, 7) is 4.89. The van der Waals surface area contributed by atoms with Gasteiger partial charge in [0.05, 0.1) is 0 Å². The SMILES string of the molecule is C=C(C)C(=O)OCC(O)COc1ccc2cc(-c3ccccc3)oc2c1. The fourth-order valence-electron chi connectivity index (χ4n) is 2.38. The van der Waals surface area contributed by atoms with Gasteiger partial charge in [-0.25, -0.2) is 4.79 Å². The number of rotatable bonds is 7. The van der Waals surface area contributed by atoms with E-state index in [9.17, 15) is 9.90 Å². The van der Waals surface area contributed by atoms with Gasteiger partial charge in [-0.05, 0) is 25.1 Å². The first-order valence-corrected chi connectivity index (χ1v) is 8.25. The maximum atomic E-state index is 11.3. The molecule has 0 radical (unpaired) electrons. The van der Waals surface area contributed by atoms with Gasteiger partial charge in [-0.2, -0.15) is 0 Å². The summed E-state index contributed by atoms with van der Waals surface area (Å²) >= 11 is 0. The lowest BCUT2D eigenvalue weighted by molar-refractivity contribution is -0.142. The Morgan fingerprint density at radius 3 is 2.65 bits per heavy atom. The molecule has 5 nitrogen and oxygen atoms in total. The predicted molar refractivity (Wildman–Crippen MR) is 98.9 cm³/mol. The zero-order valence-electron chi connectivity index (χ0n) is 14.5. The number of aliphatic hydroxyl groups is 1. The maximum absolute atomic E-state index is 11.3. The molecule has 2 aromatic carbocycles. The molecule has 0 aliphatic heterocycles. The monoisotopic (exact) mass is 352 g/mol. The number of esters is 1.